The molecule has 2 N–H and O–H groups in total. The van der Waals surface area contributed by atoms with Crippen molar-refractivity contribution in [2.45, 2.75) is 64.0 Å². The number of anilines is 1. The van der Waals surface area contributed by atoms with Crippen molar-refractivity contribution in [1.29, 1.82) is 0 Å². The first-order valence-electron chi connectivity index (χ1n) is 11.9. The molecule has 1 saturated carbocycles. The molecule has 1 amide bonds. The van der Waals surface area contributed by atoms with Crippen LogP contribution in [0.25, 0.3) is 27.9 Å². The number of nitrogens with one attached hydrogen (secondary N) is 2. The minimum Gasteiger partial charge on any atom is -0.354 e. The lowest BCUT2D eigenvalue weighted by Gasteiger charge is -2.17. The smallest absolute Gasteiger partial charge is 0.242 e. The summed E-state index contributed by atoms with van der Waals surface area (Å²) in [5, 5.41) is 16.6. The van der Waals surface area contributed by atoms with E-state index in [1.54, 1.807) is 10.7 Å². The number of nitrogens with zero attached hydrogens (tertiary/aromatic N) is 6. The standard InChI is InChI=1S/C24H28N8O/c1-14(2)31-13-16(12-26-31)21-29-22-18-7-5-6-17(15-9-10-15)20(18)28-24(32(22)30-21)27-19-8-3-4-11-25-23(19)33/h5-7,12-15,19H,3-4,8-11H2,1-2H3,(H,25,33)(H,27,28)/t19-/m1/s1. The molecule has 1 aromatic carbocycles. The summed E-state index contributed by atoms with van der Waals surface area (Å²) in [4.78, 5) is 22.6. The minimum atomic E-state index is -0.343. The van der Waals surface area contributed by atoms with Crippen LogP contribution in [0.5, 0.6) is 0 Å². The summed E-state index contributed by atoms with van der Waals surface area (Å²) in [6.07, 6.45) is 8.88. The Morgan fingerprint density at radius 2 is 2.03 bits per heavy atom. The first-order chi connectivity index (χ1) is 16.1. The van der Waals surface area contributed by atoms with Crippen LogP contribution in [0.15, 0.2) is 30.6 Å². The van der Waals surface area contributed by atoms with Crippen LogP contribution in [0.1, 0.15) is 63.5 Å². The maximum absolute atomic E-state index is 12.6. The molecule has 0 bridgehead atoms. The van der Waals surface area contributed by atoms with Crippen molar-refractivity contribution in [1.82, 2.24) is 34.7 Å². The number of para-hydroxylation sites is 1. The van der Waals surface area contributed by atoms with Gasteiger partial charge in [-0.15, -0.1) is 5.10 Å². The topological polar surface area (TPSA) is 102 Å². The Bertz CT molecular complexity index is 1350. The van der Waals surface area contributed by atoms with Crippen LogP contribution in [-0.4, -0.2) is 47.9 Å². The summed E-state index contributed by atoms with van der Waals surface area (Å²) in [6.45, 7) is 4.89. The summed E-state index contributed by atoms with van der Waals surface area (Å²) >= 11 is 0. The van der Waals surface area contributed by atoms with E-state index in [0.717, 1.165) is 47.9 Å². The fourth-order valence-electron chi connectivity index (χ4n) is 4.56. The second kappa shape index (κ2) is 7.83. The highest BCUT2D eigenvalue weighted by atomic mass is 16.2. The maximum Gasteiger partial charge on any atom is 0.242 e. The first-order valence-corrected chi connectivity index (χ1v) is 11.9. The number of carbonyl (C=O) groups is 1. The zero-order valence-corrected chi connectivity index (χ0v) is 19.0. The Kier molecular flexibility index (Phi) is 4.78. The van der Waals surface area contributed by atoms with Crippen LogP contribution in [0.2, 0.25) is 0 Å². The Hall–Kier alpha value is -3.49. The number of benzene rings is 1. The van der Waals surface area contributed by atoms with Crippen molar-refractivity contribution in [3.8, 4) is 11.4 Å². The van der Waals surface area contributed by atoms with E-state index < -0.39 is 0 Å². The van der Waals surface area contributed by atoms with Gasteiger partial charge < -0.3 is 10.6 Å². The molecule has 3 aromatic heterocycles. The number of carbonyl (C=O) groups excluding carboxylic acids is 1. The lowest BCUT2D eigenvalue weighted by molar-refractivity contribution is -0.121. The molecular formula is C24H28N8O. The summed E-state index contributed by atoms with van der Waals surface area (Å²) in [6, 6.07) is 6.21. The summed E-state index contributed by atoms with van der Waals surface area (Å²) < 4.78 is 3.65. The average Bonchev–Trinajstić information content (AvgIpc) is 3.40. The summed E-state index contributed by atoms with van der Waals surface area (Å²) in [7, 11) is 0. The van der Waals surface area contributed by atoms with Gasteiger partial charge in [-0.1, -0.05) is 12.1 Å². The average molecular weight is 445 g/mol. The molecule has 1 saturated heterocycles. The van der Waals surface area contributed by atoms with E-state index in [1.165, 1.54) is 18.4 Å². The second-order valence-electron chi connectivity index (χ2n) is 9.41. The van der Waals surface area contributed by atoms with Crippen molar-refractivity contribution in [2.75, 3.05) is 11.9 Å². The highest BCUT2D eigenvalue weighted by Crippen LogP contribution is 2.43. The zero-order chi connectivity index (χ0) is 22.5. The zero-order valence-electron chi connectivity index (χ0n) is 19.0. The van der Waals surface area contributed by atoms with Gasteiger partial charge in [-0.25, -0.2) is 9.97 Å². The molecule has 33 heavy (non-hydrogen) atoms. The van der Waals surface area contributed by atoms with Gasteiger partial charge in [0.25, 0.3) is 0 Å². The van der Waals surface area contributed by atoms with Gasteiger partial charge in [-0.05, 0) is 63.5 Å². The lowest BCUT2D eigenvalue weighted by Crippen LogP contribution is -2.38. The number of hydrogen-bond acceptors (Lipinski definition) is 6. The quantitative estimate of drug-likeness (QED) is 0.487. The largest absolute Gasteiger partial charge is 0.354 e. The van der Waals surface area contributed by atoms with Gasteiger partial charge in [-0.2, -0.15) is 9.61 Å². The molecule has 2 aliphatic rings. The van der Waals surface area contributed by atoms with Gasteiger partial charge in [0.15, 0.2) is 11.5 Å². The molecular weight excluding hydrogens is 416 g/mol. The molecule has 1 aliphatic carbocycles. The summed E-state index contributed by atoms with van der Waals surface area (Å²) in [5.74, 6) is 1.71. The van der Waals surface area contributed by atoms with Gasteiger partial charge >= 0.3 is 0 Å². The van der Waals surface area contributed by atoms with E-state index in [-0.39, 0.29) is 18.0 Å². The van der Waals surface area contributed by atoms with Crippen LogP contribution in [0.3, 0.4) is 0 Å². The van der Waals surface area contributed by atoms with E-state index in [9.17, 15) is 4.79 Å². The number of hydrogen-bond donors (Lipinski definition) is 2. The van der Waals surface area contributed by atoms with Crippen LogP contribution < -0.4 is 10.6 Å². The number of fused-ring (bicyclic) bond motifs is 3. The third-order valence-electron chi connectivity index (χ3n) is 6.58. The highest BCUT2D eigenvalue weighted by molar-refractivity contribution is 5.95. The van der Waals surface area contributed by atoms with E-state index in [4.69, 9.17) is 15.1 Å². The van der Waals surface area contributed by atoms with E-state index in [0.29, 0.717) is 17.7 Å². The summed E-state index contributed by atoms with van der Waals surface area (Å²) in [5.41, 5.74) is 3.80. The molecule has 9 heteroatoms. The fourth-order valence-corrected chi connectivity index (χ4v) is 4.56. The predicted octanol–water partition coefficient (Wildman–Crippen LogP) is 3.68. The normalized spacial score (nSPS) is 19.2. The molecule has 2 fully saturated rings. The SMILES string of the molecule is CC(C)n1cc(-c2nc3c4cccc(C5CC5)c4nc(N[C@@H]4CCCCNC4=O)n3n2)cn1. The van der Waals surface area contributed by atoms with Crippen LogP contribution in [0, 0.1) is 0 Å². The molecule has 0 unspecified atom stereocenters. The van der Waals surface area contributed by atoms with Crippen molar-refractivity contribution in [2.24, 2.45) is 0 Å². The molecule has 1 aliphatic heterocycles. The first kappa shape index (κ1) is 20.1. The second-order valence-corrected chi connectivity index (χ2v) is 9.41. The number of aromatic nitrogens is 6. The van der Waals surface area contributed by atoms with E-state index in [1.807, 2.05) is 10.9 Å². The monoisotopic (exact) mass is 444 g/mol. The van der Waals surface area contributed by atoms with Crippen LogP contribution >= 0.6 is 0 Å². The predicted molar refractivity (Wildman–Crippen MR) is 126 cm³/mol. The van der Waals surface area contributed by atoms with Crippen molar-refractivity contribution >= 4 is 28.4 Å². The Labute approximate surface area is 191 Å². The Morgan fingerprint density at radius 1 is 1.15 bits per heavy atom. The molecule has 0 spiro atoms. The molecule has 4 heterocycles. The molecule has 0 radical (unpaired) electrons. The minimum absolute atomic E-state index is 0.0107. The van der Waals surface area contributed by atoms with Gasteiger partial charge in [-0.3, -0.25) is 9.48 Å². The molecule has 6 rings (SSSR count). The molecule has 1 atom stereocenters. The number of rotatable bonds is 5. The van der Waals surface area contributed by atoms with Crippen LogP contribution in [-0.2, 0) is 4.79 Å². The Morgan fingerprint density at radius 3 is 2.82 bits per heavy atom. The van der Waals surface area contributed by atoms with Crippen molar-refractivity contribution in [3.63, 3.8) is 0 Å². The number of amides is 1. The van der Waals surface area contributed by atoms with Gasteiger partial charge in [0, 0.05) is 24.2 Å². The fraction of sp³-hybridized carbons (Fsp3) is 0.458. The van der Waals surface area contributed by atoms with Gasteiger partial charge in [0.1, 0.15) is 6.04 Å². The third kappa shape index (κ3) is 3.61. The highest BCUT2D eigenvalue weighted by Gasteiger charge is 2.28. The van der Waals surface area contributed by atoms with E-state index >= 15 is 0 Å². The van der Waals surface area contributed by atoms with Crippen LogP contribution in [0.4, 0.5) is 5.95 Å². The lowest BCUT2D eigenvalue weighted by atomic mass is 10.1. The van der Waals surface area contributed by atoms with Gasteiger partial charge in [0.2, 0.25) is 11.9 Å². The maximum atomic E-state index is 12.6. The van der Waals surface area contributed by atoms with Gasteiger partial charge in [0.05, 0.1) is 17.3 Å². The van der Waals surface area contributed by atoms with Crippen molar-refractivity contribution < 1.29 is 4.79 Å². The third-order valence-corrected chi connectivity index (χ3v) is 6.58. The van der Waals surface area contributed by atoms with Crippen molar-refractivity contribution in [3.05, 3.63) is 36.2 Å². The Balaban J connectivity index is 1.52. The van der Waals surface area contributed by atoms with E-state index in [2.05, 4.69) is 47.8 Å². The molecule has 170 valence electrons. The molecule has 9 nitrogen and oxygen atoms in total. The molecule has 4 aromatic rings.